The first kappa shape index (κ1) is 32.5. The lowest BCUT2D eigenvalue weighted by Gasteiger charge is -2.14. The number of hydrogen-bond acceptors (Lipinski definition) is 8. The smallest absolute Gasteiger partial charge is 0.305 e. The average molecular weight is 687 g/mol. The number of carbonyl (C=O) groups excluding carboxylic acids is 1. The fraction of sp³-hybridized carbons (Fsp3) is 0.167. The maximum Gasteiger partial charge on any atom is 0.305 e. The van der Waals surface area contributed by atoms with Crippen LogP contribution in [-0.4, -0.2) is 36.7 Å². The van der Waals surface area contributed by atoms with Crippen molar-refractivity contribution in [3.8, 4) is 22.1 Å². The van der Waals surface area contributed by atoms with Crippen molar-refractivity contribution in [2.75, 3.05) is 13.4 Å². The van der Waals surface area contributed by atoms with Crippen LogP contribution in [0.1, 0.15) is 28.8 Å². The maximum atomic E-state index is 15.7. The number of aryl methyl sites for hydroxylation is 2. The zero-order chi connectivity index (χ0) is 33.1. The Hall–Kier alpha value is -4.45. The summed E-state index contributed by atoms with van der Waals surface area (Å²) in [5, 5.41) is 3.38. The second-order valence-electron chi connectivity index (χ2n) is 10.9. The van der Waals surface area contributed by atoms with Crippen LogP contribution in [0.4, 0.5) is 4.39 Å². The van der Waals surface area contributed by atoms with Crippen LogP contribution < -0.4 is 4.74 Å². The number of nitrogens with zero attached hydrogens (tertiary/aromatic N) is 2. The molecule has 2 aromatic heterocycles. The molecule has 0 unspecified atom stereocenters. The molecular weight excluding hydrogens is 656 g/mol. The molecule has 0 fully saturated rings. The van der Waals surface area contributed by atoms with Gasteiger partial charge in [0.05, 0.1) is 28.1 Å². The quantitative estimate of drug-likeness (QED) is 0.0996. The van der Waals surface area contributed by atoms with Crippen LogP contribution in [0.2, 0.25) is 0 Å². The summed E-state index contributed by atoms with van der Waals surface area (Å²) in [5.41, 5.74) is 5.07. The fourth-order valence-electron chi connectivity index (χ4n) is 5.29. The van der Waals surface area contributed by atoms with Crippen molar-refractivity contribution >= 4 is 50.0 Å². The Labute approximate surface area is 281 Å². The Morgan fingerprint density at radius 3 is 2.53 bits per heavy atom. The number of thiazole rings is 1. The summed E-state index contributed by atoms with van der Waals surface area (Å²) in [6.07, 6.45) is 4.83. The Morgan fingerprint density at radius 1 is 1.00 bits per heavy atom. The molecule has 0 radical (unpaired) electrons. The van der Waals surface area contributed by atoms with E-state index in [1.54, 1.807) is 42.7 Å². The molecule has 240 valence electrons. The highest BCUT2D eigenvalue weighted by Gasteiger charge is 2.24. The van der Waals surface area contributed by atoms with E-state index >= 15 is 4.39 Å². The van der Waals surface area contributed by atoms with Crippen LogP contribution >= 0.6 is 23.1 Å². The van der Waals surface area contributed by atoms with Gasteiger partial charge in [-0.2, -0.15) is 0 Å². The van der Waals surface area contributed by atoms with Gasteiger partial charge in [-0.05, 0) is 61.1 Å². The highest BCUT2D eigenvalue weighted by atomic mass is 32.2. The molecule has 11 heteroatoms. The molecule has 0 amide bonds. The fourth-order valence-corrected chi connectivity index (χ4v) is 8.16. The third-order valence-electron chi connectivity index (χ3n) is 7.68. The van der Waals surface area contributed by atoms with Gasteiger partial charge in [0.2, 0.25) is 0 Å². The maximum absolute atomic E-state index is 15.7. The molecule has 0 aliphatic rings. The number of thioether (sulfide) groups is 1. The van der Waals surface area contributed by atoms with Crippen LogP contribution in [0.5, 0.6) is 11.5 Å². The SMILES string of the molecule is COC(=O)CCc1cccc(Cc2csc(-c3cccc(Oc4c(F)cc5c(ccn5S(=O)(=O)c5ccc(C)cc5)c4SC)c3)n2)c1. The topological polar surface area (TPSA) is 87.5 Å². The van der Waals surface area contributed by atoms with E-state index in [0.29, 0.717) is 35.3 Å². The van der Waals surface area contributed by atoms with E-state index in [0.717, 1.165) is 36.9 Å². The highest BCUT2D eigenvalue weighted by Crippen LogP contribution is 2.42. The summed E-state index contributed by atoms with van der Waals surface area (Å²) in [6, 6.07) is 24.8. The van der Waals surface area contributed by atoms with Gasteiger partial charge < -0.3 is 9.47 Å². The third kappa shape index (κ3) is 6.97. The lowest BCUT2D eigenvalue weighted by molar-refractivity contribution is -0.140. The lowest BCUT2D eigenvalue weighted by atomic mass is 10.0. The summed E-state index contributed by atoms with van der Waals surface area (Å²) in [7, 11) is -2.55. The van der Waals surface area contributed by atoms with Gasteiger partial charge in [-0.25, -0.2) is 21.8 Å². The predicted molar refractivity (Wildman–Crippen MR) is 185 cm³/mol. The minimum atomic E-state index is -3.94. The molecule has 0 spiro atoms. The van der Waals surface area contributed by atoms with E-state index in [2.05, 4.69) is 6.07 Å². The van der Waals surface area contributed by atoms with Gasteiger partial charge in [0.15, 0.2) is 11.6 Å². The number of esters is 1. The molecular formula is C36H31FN2O5S3. The number of aromatic nitrogens is 2. The van der Waals surface area contributed by atoms with Gasteiger partial charge in [-0.1, -0.05) is 54.1 Å². The van der Waals surface area contributed by atoms with Crippen molar-refractivity contribution in [1.82, 2.24) is 8.96 Å². The van der Waals surface area contributed by atoms with Crippen molar-refractivity contribution < 1.29 is 27.1 Å². The standard InChI is InChI=1S/C36H31FN2O5S3/c1-23-10-13-29(14-11-23)47(41,42)39-17-16-30-32(39)21-31(37)34(35(30)45-3)44-28-9-5-8-26(20-28)36-38-27(22-46-36)19-25-7-4-6-24(18-25)12-15-33(40)43-2/h4-11,13-14,16-18,20-22H,12,15,19H2,1-3H3. The van der Waals surface area contributed by atoms with E-state index in [4.69, 9.17) is 14.5 Å². The van der Waals surface area contributed by atoms with Gasteiger partial charge in [0.25, 0.3) is 10.0 Å². The largest absolute Gasteiger partial charge is 0.469 e. The molecule has 0 saturated heterocycles. The zero-order valence-corrected chi connectivity index (χ0v) is 28.3. The number of hydrogen-bond donors (Lipinski definition) is 0. The molecule has 0 atom stereocenters. The second-order valence-corrected chi connectivity index (χ2v) is 14.4. The molecule has 7 nitrogen and oxygen atoms in total. The van der Waals surface area contributed by atoms with E-state index in [1.807, 2.05) is 48.7 Å². The van der Waals surface area contributed by atoms with Gasteiger partial charge in [-0.3, -0.25) is 4.79 Å². The second kappa shape index (κ2) is 13.7. The number of ether oxygens (including phenoxy) is 2. The molecule has 0 saturated carbocycles. The molecule has 4 aromatic carbocycles. The van der Waals surface area contributed by atoms with E-state index in [-0.39, 0.29) is 22.1 Å². The van der Waals surface area contributed by atoms with Gasteiger partial charge in [-0.15, -0.1) is 23.1 Å². The Kier molecular flexibility index (Phi) is 9.49. The van der Waals surface area contributed by atoms with Crippen LogP contribution in [-0.2, 0) is 32.4 Å². The molecule has 0 aliphatic heterocycles. The number of methoxy groups -OCH3 is 1. The van der Waals surface area contributed by atoms with Gasteiger partial charge >= 0.3 is 5.97 Å². The van der Waals surface area contributed by atoms with Gasteiger partial charge in [0, 0.05) is 41.4 Å². The Balaban J connectivity index is 1.24. The van der Waals surface area contributed by atoms with Gasteiger partial charge in [0.1, 0.15) is 10.8 Å². The monoisotopic (exact) mass is 686 g/mol. The first-order valence-electron chi connectivity index (χ1n) is 14.7. The van der Waals surface area contributed by atoms with E-state index < -0.39 is 15.8 Å². The summed E-state index contributed by atoms with van der Waals surface area (Å²) < 4.78 is 54.6. The van der Waals surface area contributed by atoms with Crippen molar-refractivity contribution in [3.05, 3.63) is 125 Å². The number of rotatable bonds is 11. The first-order chi connectivity index (χ1) is 22.7. The van der Waals surface area contributed by atoms with E-state index in [1.165, 1.54) is 42.5 Å². The van der Waals surface area contributed by atoms with Crippen molar-refractivity contribution in [1.29, 1.82) is 0 Å². The van der Waals surface area contributed by atoms with Crippen LogP contribution in [0, 0.1) is 12.7 Å². The van der Waals surface area contributed by atoms with Crippen molar-refractivity contribution in [2.45, 2.75) is 36.0 Å². The van der Waals surface area contributed by atoms with Crippen LogP contribution in [0.25, 0.3) is 21.5 Å². The van der Waals surface area contributed by atoms with E-state index in [9.17, 15) is 13.2 Å². The minimum Gasteiger partial charge on any atom is -0.469 e. The summed E-state index contributed by atoms with van der Waals surface area (Å²) in [4.78, 5) is 17.0. The Bertz CT molecular complexity index is 2190. The molecule has 6 rings (SSSR count). The average Bonchev–Trinajstić information content (AvgIpc) is 3.72. The van der Waals surface area contributed by atoms with Crippen molar-refractivity contribution in [3.63, 3.8) is 0 Å². The lowest BCUT2D eigenvalue weighted by Crippen LogP contribution is -2.12. The summed E-state index contributed by atoms with van der Waals surface area (Å²) >= 11 is 2.79. The normalized spacial score (nSPS) is 11.6. The first-order valence-corrected chi connectivity index (χ1v) is 18.3. The molecule has 0 bridgehead atoms. The number of fused-ring (bicyclic) bond motifs is 1. The molecule has 2 heterocycles. The van der Waals surface area contributed by atoms with Crippen LogP contribution in [0.15, 0.2) is 106 Å². The van der Waals surface area contributed by atoms with Crippen LogP contribution in [0.3, 0.4) is 0 Å². The molecule has 6 aromatic rings. The predicted octanol–water partition coefficient (Wildman–Crippen LogP) is 8.66. The summed E-state index contributed by atoms with van der Waals surface area (Å²) in [6.45, 7) is 1.88. The molecule has 0 aliphatic carbocycles. The number of halogens is 1. The molecule has 47 heavy (non-hydrogen) atoms. The Morgan fingerprint density at radius 2 is 1.77 bits per heavy atom. The number of carbonyl (C=O) groups is 1. The minimum absolute atomic E-state index is 0.0274. The summed E-state index contributed by atoms with van der Waals surface area (Å²) in [5.74, 6) is -0.448. The third-order valence-corrected chi connectivity index (χ3v) is 11.1. The highest BCUT2D eigenvalue weighted by molar-refractivity contribution is 7.99. The zero-order valence-electron chi connectivity index (χ0n) is 25.9. The van der Waals surface area contributed by atoms with Crippen molar-refractivity contribution in [2.24, 2.45) is 0 Å². The number of benzene rings is 4. The molecule has 0 N–H and O–H groups in total.